The number of carbonyl (C=O) groups excluding carboxylic acids is 1. The van der Waals surface area contributed by atoms with Crippen LogP contribution < -0.4 is 19.9 Å². The summed E-state index contributed by atoms with van der Waals surface area (Å²) < 4.78 is 51.8. The molecule has 4 aromatic heterocycles. The summed E-state index contributed by atoms with van der Waals surface area (Å²) in [6.45, 7) is 1.61. The average Bonchev–Trinajstić information content (AvgIpc) is 3.07. The first kappa shape index (κ1) is 32.8. The lowest BCUT2D eigenvalue weighted by Gasteiger charge is -2.45. The van der Waals surface area contributed by atoms with Crippen LogP contribution in [0.5, 0.6) is 6.01 Å². The van der Waals surface area contributed by atoms with Crippen molar-refractivity contribution in [3.63, 3.8) is 0 Å². The number of methoxy groups -OCH3 is 1. The monoisotopic (exact) mass is 665 g/mol. The molecule has 1 amide bonds. The normalized spacial score (nSPS) is 18.8. The zero-order chi connectivity index (χ0) is 33.9. The van der Waals surface area contributed by atoms with Crippen molar-refractivity contribution in [3.8, 4) is 17.1 Å². The van der Waals surface area contributed by atoms with Crippen molar-refractivity contribution in [2.24, 2.45) is 0 Å². The second-order valence-corrected chi connectivity index (χ2v) is 12.0. The largest absolute Gasteiger partial charge is 0.467 e. The number of nitrogens with zero attached hydrogens (tertiary/aromatic N) is 8. The summed E-state index contributed by atoms with van der Waals surface area (Å²) in [7, 11) is 1.48. The Bertz CT molecular complexity index is 1700. The number of carbonyl (C=O) groups is 1. The van der Waals surface area contributed by atoms with Crippen LogP contribution in [-0.4, -0.2) is 79.0 Å². The number of nitrogens with one attached hydrogen (secondary N) is 1. The molecule has 2 aliphatic rings. The number of halogens is 3. The molecule has 48 heavy (non-hydrogen) atoms. The quantitative estimate of drug-likeness (QED) is 0.251. The molecule has 0 aromatic carbocycles. The van der Waals surface area contributed by atoms with Crippen molar-refractivity contribution in [3.05, 3.63) is 72.6 Å². The van der Waals surface area contributed by atoms with Crippen LogP contribution in [0.25, 0.3) is 11.1 Å². The number of rotatable bonds is 9. The summed E-state index contributed by atoms with van der Waals surface area (Å²) in [5.41, 5.74) is 0.0288. The standard InChI is InChI=1S/C32H34F3N9O4/c1-31(46)18-43(19-31)27-25(32(33,34)35)16-38-28(42-27)41-22-7-9-24(10-8-22)44(30(45)48-17-23-5-3-4-12-36-23)26-11-6-20(13-37-26)21-14-39-29(47-2)40-15-21/h3-6,11-16,22,24,46H,7-10,17-19H2,1-2H3,(H,38,41,42)/t22-,24-. The van der Waals surface area contributed by atoms with E-state index in [1.165, 1.54) is 16.9 Å². The van der Waals surface area contributed by atoms with Crippen LogP contribution in [0, 0.1) is 0 Å². The molecule has 0 atom stereocenters. The second kappa shape index (κ2) is 13.5. The molecule has 6 rings (SSSR count). The lowest BCUT2D eigenvalue weighted by atomic mass is 9.90. The summed E-state index contributed by atoms with van der Waals surface area (Å²) in [5.74, 6) is 0.203. The molecule has 1 aliphatic carbocycles. The minimum absolute atomic E-state index is 0.0195. The average molecular weight is 666 g/mol. The SMILES string of the molecule is COc1ncc(-c2ccc(N(C(=O)OCc3ccccn3)[C@H]3CC[C@H](Nc4ncc(C(F)(F)F)c(N5CC(C)(O)C5)n4)CC3)nc2)cn1. The fourth-order valence-corrected chi connectivity index (χ4v) is 5.86. The van der Waals surface area contributed by atoms with Gasteiger partial charge in [-0.3, -0.25) is 9.88 Å². The number of hydrogen-bond acceptors (Lipinski definition) is 12. The van der Waals surface area contributed by atoms with Gasteiger partial charge in [-0.2, -0.15) is 18.2 Å². The fourth-order valence-electron chi connectivity index (χ4n) is 5.86. The molecule has 5 heterocycles. The Morgan fingerprint density at radius 1 is 1.00 bits per heavy atom. The van der Waals surface area contributed by atoms with Crippen molar-refractivity contribution in [1.82, 2.24) is 29.9 Å². The van der Waals surface area contributed by atoms with Gasteiger partial charge in [0.1, 0.15) is 23.8 Å². The van der Waals surface area contributed by atoms with Gasteiger partial charge >= 0.3 is 18.3 Å². The van der Waals surface area contributed by atoms with Crippen LogP contribution in [-0.2, 0) is 17.5 Å². The van der Waals surface area contributed by atoms with E-state index >= 15 is 0 Å². The number of anilines is 3. The molecule has 2 fully saturated rings. The molecule has 252 valence electrons. The first-order valence-corrected chi connectivity index (χ1v) is 15.4. The highest BCUT2D eigenvalue weighted by Gasteiger charge is 2.43. The number of aliphatic hydroxyl groups is 1. The zero-order valence-corrected chi connectivity index (χ0v) is 26.3. The molecule has 4 aromatic rings. The Labute approximate surface area is 274 Å². The van der Waals surface area contributed by atoms with E-state index in [-0.39, 0.29) is 49.6 Å². The number of aromatic nitrogens is 6. The van der Waals surface area contributed by atoms with Gasteiger partial charge in [-0.15, -0.1) is 0 Å². The van der Waals surface area contributed by atoms with Crippen LogP contribution in [0.15, 0.2) is 61.3 Å². The molecule has 1 saturated heterocycles. The highest BCUT2D eigenvalue weighted by Crippen LogP contribution is 2.39. The lowest BCUT2D eigenvalue weighted by Crippen LogP contribution is -2.60. The van der Waals surface area contributed by atoms with Gasteiger partial charge in [0.05, 0.1) is 18.4 Å². The van der Waals surface area contributed by atoms with Crippen LogP contribution in [0.3, 0.4) is 0 Å². The van der Waals surface area contributed by atoms with Crippen molar-refractivity contribution in [2.45, 2.75) is 63.1 Å². The third-order valence-electron chi connectivity index (χ3n) is 8.24. The summed E-state index contributed by atoms with van der Waals surface area (Å²) in [5, 5.41) is 13.3. The number of β-amino-alcohol motifs (C(OH)–C–C–N with tert-alkyl or cyclic N) is 1. The molecule has 13 nitrogen and oxygen atoms in total. The molecule has 1 saturated carbocycles. The first-order valence-electron chi connectivity index (χ1n) is 15.4. The molecule has 1 aliphatic heterocycles. The number of ether oxygens (including phenoxy) is 2. The molecule has 16 heteroatoms. The van der Waals surface area contributed by atoms with Crippen LogP contribution in [0.1, 0.15) is 43.9 Å². The predicted octanol–water partition coefficient (Wildman–Crippen LogP) is 4.89. The number of pyridine rings is 2. The third-order valence-corrected chi connectivity index (χ3v) is 8.24. The van der Waals surface area contributed by atoms with Crippen molar-refractivity contribution < 1.29 is 32.5 Å². The van der Waals surface area contributed by atoms with Crippen molar-refractivity contribution in [1.29, 1.82) is 0 Å². The minimum Gasteiger partial charge on any atom is -0.467 e. The van der Waals surface area contributed by atoms with Gasteiger partial charge in [-0.1, -0.05) is 6.07 Å². The van der Waals surface area contributed by atoms with Crippen LogP contribution >= 0.6 is 0 Å². The maximum Gasteiger partial charge on any atom is 0.421 e. The molecular formula is C32H34F3N9O4. The van der Waals surface area contributed by atoms with E-state index in [9.17, 15) is 23.1 Å². The highest BCUT2D eigenvalue weighted by atomic mass is 19.4. The topological polar surface area (TPSA) is 152 Å². The highest BCUT2D eigenvalue weighted by molar-refractivity contribution is 5.87. The number of amides is 1. The van der Waals surface area contributed by atoms with E-state index in [2.05, 4.69) is 35.2 Å². The first-order chi connectivity index (χ1) is 23.0. The Morgan fingerprint density at radius 2 is 1.73 bits per heavy atom. The predicted molar refractivity (Wildman–Crippen MR) is 168 cm³/mol. The molecule has 0 radical (unpaired) electrons. The van der Waals surface area contributed by atoms with E-state index in [0.717, 1.165) is 17.3 Å². The zero-order valence-electron chi connectivity index (χ0n) is 26.3. The smallest absolute Gasteiger partial charge is 0.421 e. The maximum atomic E-state index is 13.7. The van der Waals surface area contributed by atoms with E-state index in [4.69, 9.17) is 9.47 Å². The summed E-state index contributed by atoms with van der Waals surface area (Å²) in [6.07, 6.45) is 4.29. The molecule has 0 bridgehead atoms. The van der Waals surface area contributed by atoms with Crippen molar-refractivity contribution >= 4 is 23.7 Å². The van der Waals surface area contributed by atoms with Crippen LogP contribution in [0.4, 0.5) is 35.5 Å². The summed E-state index contributed by atoms with van der Waals surface area (Å²) in [4.78, 5) is 41.7. The molecule has 0 unspecified atom stereocenters. The van der Waals surface area contributed by atoms with Gasteiger partial charge in [-0.05, 0) is 56.9 Å². The van der Waals surface area contributed by atoms with Gasteiger partial charge in [0.2, 0.25) is 5.95 Å². The van der Waals surface area contributed by atoms with E-state index in [1.807, 2.05) is 12.1 Å². The van der Waals surface area contributed by atoms with Gasteiger partial charge in [0.15, 0.2) is 0 Å². The Balaban J connectivity index is 1.16. The maximum absolute atomic E-state index is 13.7. The molecule has 2 N–H and O–H groups in total. The third kappa shape index (κ3) is 7.54. The van der Waals surface area contributed by atoms with E-state index in [1.54, 1.807) is 49.9 Å². The van der Waals surface area contributed by atoms with E-state index in [0.29, 0.717) is 37.2 Å². The van der Waals surface area contributed by atoms with Gasteiger partial charge in [0.25, 0.3) is 0 Å². The Morgan fingerprint density at radius 3 is 2.33 bits per heavy atom. The summed E-state index contributed by atoms with van der Waals surface area (Å²) >= 11 is 0. The van der Waals surface area contributed by atoms with Gasteiger partial charge in [-0.25, -0.2) is 24.7 Å². The number of alkyl halides is 3. The van der Waals surface area contributed by atoms with Gasteiger partial charge in [0, 0.05) is 67.3 Å². The fraction of sp³-hybridized carbons (Fsp3) is 0.406. The Kier molecular flexibility index (Phi) is 9.26. The van der Waals surface area contributed by atoms with Gasteiger partial charge < -0.3 is 24.8 Å². The molecular weight excluding hydrogens is 631 g/mol. The second-order valence-electron chi connectivity index (χ2n) is 12.0. The number of hydrogen-bond donors (Lipinski definition) is 2. The van der Waals surface area contributed by atoms with Crippen LogP contribution in [0.2, 0.25) is 0 Å². The Hall–Kier alpha value is -5.12. The van der Waals surface area contributed by atoms with E-state index < -0.39 is 23.4 Å². The molecule has 0 spiro atoms. The summed E-state index contributed by atoms with van der Waals surface area (Å²) in [6, 6.07) is 8.71. The lowest BCUT2D eigenvalue weighted by molar-refractivity contribution is -0.137. The van der Waals surface area contributed by atoms with Crippen molar-refractivity contribution in [2.75, 3.05) is 35.3 Å². The minimum atomic E-state index is -4.64.